The molecule has 1 fully saturated rings. The van der Waals surface area contributed by atoms with E-state index in [0.29, 0.717) is 31.0 Å². The van der Waals surface area contributed by atoms with E-state index in [0.717, 1.165) is 0 Å². The Kier molecular flexibility index (Phi) is 4.34. The standard InChI is InChI=1S/C13H16FNO4/c1-18-10-3-2-9(11(14)6-10)7-15-4-5-19-12(8-15)13(16)17/h2-3,6,12H,4-5,7-8H2,1H3,(H,16,17). The monoisotopic (exact) mass is 269 g/mol. The second-order valence-electron chi connectivity index (χ2n) is 4.39. The van der Waals surface area contributed by atoms with Gasteiger partial charge >= 0.3 is 5.97 Å². The molecular weight excluding hydrogens is 253 g/mol. The van der Waals surface area contributed by atoms with Crippen LogP contribution in [0.2, 0.25) is 0 Å². The Hall–Kier alpha value is -1.66. The van der Waals surface area contributed by atoms with Crippen LogP contribution in [0.4, 0.5) is 4.39 Å². The molecule has 0 spiro atoms. The van der Waals surface area contributed by atoms with E-state index in [4.69, 9.17) is 14.6 Å². The average Bonchev–Trinajstić information content (AvgIpc) is 2.41. The van der Waals surface area contributed by atoms with Gasteiger partial charge in [-0.25, -0.2) is 9.18 Å². The Morgan fingerprint density at radius 3 is 3.05 bits per heavy atom. The fourth-order valence-corrected chi connectivity index (χ4v) is 2.02. The summed E-state index contributed by atoms with van der Waals surface area (Å²) in [7, 11) is 1.48. The molecule has 5 nitrogen and oxygen atoms in total. The summed E-state index contributed by atoms with van der Waals surface area (Å²) in [5.41, 5.74) is 0.520. The maximum Gasteiger partial charge on any atom is 0.334 e. The molecule has 0 saturated carbocycles. The maximum absolute atomic E-state index is 13.8. The molecule has 104 valence electrons. The SMILES string of the molecule is COc1ccc(CN2CCOC(C(=O)O)C2)c(F)c1. The van der Waals surface area contributed by atoms with Gasteiger partial charge in [-0.1, -0.05) is 6.07 Å². The van der Waals surface area contributed by atoms with E-state index in [1.807, 2.05) is 4.90 Å². The fraction of sp³-hybridized carbons (Fsp3) is 0.462. The Balaban J connectivity index is 2.02. The van der Waals surface area contributed by atoms with Crippen molar-refractivity contribution < 1.29 is 23.8 Å². The highest BCUT2D eigenvalue weighted by atomic mass is 19.1. The fourth-order valence-electron chi connectivity index (χ4n) is 2.02. The molecule has 0 radical (unpaired) electrons. The first-order valence-electron chi connectivity index (χ1n) is 5.99. The molecule has 1 heterocycles. The number of carboxylic acids is 1. The normalized spacial score (nSPS) is 20.2. The predicted molar refractivity (Wildman–Crippen MR) is 65.6 cm³/mol. The zero-order valence-electron chi connectivity index (χ0n) is 10.6. The van der Waals surface area contributed by atoms with E-state index in [1.54, 1.807) is 12.1 Å². The number of morpholine rings is 1. The van der Waals surface area contributed by atoms with Gasteiger partial charge in [-0.15, -0.1) is 0 Å². The molecule has 1 unspecified atom stereocenters. The van der Waals surface area contributed by atoms with Crippen molar-refractivity contribution in [1.29, 1.82) is 0 Å². The zero-order chi connectivity index (χ0) is 13.8. The molecule has 19 heavy (non-hydrogen) atoms. The van der Waals surface area contributed by atoms with Crippen molar-refractivity contribution >= 4 is 5.97 Å². The number of halogens is 1. The van der Waals surface area contributed by atoms with Gasteiger partial charge in [0, 0.05) is 31.3 Å². The molecule has 0 aromatic heterocycles. The zero-order valence-corrected chi connectivity index (χ0v) is 10.6. The van der Waals surface area contributed by atoms with Gasteiger partial charge < -0.3 is 14.6 Å². The molecule has 1 aromatic carbocycles. The van der Waals surface area contributed by atoms with E-state index in [1.165, 1.54) is 13.2 Å². The highest BCUT2D eigenvalue weighted by molar-refractivity contribution is 5.72. The van der Waals surface area contributed by atoms with Gasteiger partial charge in [-0.3, -0.25) is 4.90 Å². The quantitative estimate of drug-likeness (QED) is 0.887. The number of hydrogen-bond acceptors (Lipinski definition) is 4. The molecule has 1 atom stereocenters. The topological polar surface area (TPSA) is 59.0 Å². The van der Waals surface area contributed by atoms with Crippen LogP contribution < -0.4 is 4.74 Å². The number of hydrogen-bond donors (Lipinski definition) is 1. The lowest BCUT2D eigenvalue weighted by molar-refractivity contribution is -0.156. The number of benzene rings is 1. The second-order valence-corrected chi connectivity index (χ2v) is 4.39. The summed E-state index contributed by atoms with van der Waals surface area (Å²) in [6, 6.07) is 4.66. The number of carboxylic acid groups (broad SMARTS) is 1. The van der Waals surface area contributed by atoms with Crippen molar-refractivity contribution in [2.75, 3.05) is 26.8 Å². The molecule has 1 N–H and O–H groups in total. The lowest BCUT2D eigenvalue weighted by Gasteiger charge is -2.30. The smallest absolute Gasteiger partial charge is 0.334 e. The summed E-state index contributed by atoms with van der Waals surface area (Å²) in [5.74, 6) is -0.871. The van der Waals surface area contributed by atoms with Crippen molar-refractivity contribution in [3.63, 3.8) is 0 Å². The number of rotatable bonds is 4. The van der Waals surface area contributed by atoms with Crippen LogP contribution in [-0.2, 0) is 16.1 Å². The van der Waals surface area contributed by atoms with E-state index < -0.39 is 12.1 Å². The lowest BCUT2D eigenvalue weighted by atomic mass is 10.1. The minimum absolute atomic E-state index is 0.265. The number of ether oxygens (including phenoxy) is 2. The van der Waals surface area contributed by atoms with Crippen LogP contribution in [0.15, 0.2) is 18.2 Å². The largest absolute Gasteiger partial charge is 0.497 e. The molecule has 0 aliphatic carbocycles. The Morgan fingerprint density at radius 1 is 1.63 bits per heavy atom. The third kappa shape index (κ3) is 3.42. The minimum atomic E-state index is -0.986. The van der Waals surface area contributed by atoms with Crippen LogP contribution in [0, 0.1) is 5.82 Å². The van der Waals surface area contributed by atoms with Crippen LogP contribution >= 0.6 is 0 Å². The number of carbonyl (C=O) groups is 1. The molecule has 0 amide bonds. The van der Waals surface area contributed by atoms with E-state index in [9.17, 15) is 9.18 Å². The molecule has 1 aliphatic heterocycles. The molecular formula is C13H16FNO4. The highest BCUT2D eigenvalue weighted by Gasteiger charge is 2.26. The van der Waals surface area contributed by atoms with Crippen LogP contribution in [0.1, 0.15) is 5.56 Å². The first kappa shape index (κ1) is 13.8. The van der Waals surface area contributed by atoms with Gasteiger partial charge in [0.05, 0.1) is 13.7 Å². The highest BCUT2D eigenvalue weighted by Crippen LogP contribution is 2.18. The molecule has 6 heteroatoms. The molecule has 1 aliphatic rings. The minimum Gasteiger partial charge on any atom is -0.497 e. The molecule has 0 bridgehead atoms. The summed E-state index contributed by atoms with van der Waals surface area (Å²) in [6.07, 6.45) is -0.838. The van der Waals surface area contributed by atoms with Crippen LogP contribution in [0.5, 0.6) is 5.75 Å². The first-order chi connectivity index (χ1) is 9.10. The third-order valence-electron chi connectivity index (χ3n) is 3.08. The van der Waals surface area contributed by atoms with Crippen LogP contribution in [0.3, 0.4) is 0 Å². The van der Waals surface area contributed by atoms with Crippen molar-refractivity contribution in [2.24, 2.45) is 0 Å². The summed E-state index contributed by atoms with van der Waals surface area (Å²) >= 11 is 0. The van der Waals surface area contributed by atoms with E-state index in [-0.39, 0.29) is 12.4 Å². The Bertz CT molecular complexity index is 466. The van der Waals surface area contributed by atoms with E-state index in [2.05, 4.69) is 0 Å². The van der Waals surface area contributed by atoms with Crippen molar-refractivity contribution in [1.82, 2.24) is 4.90 Å². The van der Waals surface area contributed by atoms with Gasteiger partial charge in [0.1, 0.15) is 11.6 Å². The molecule has 1 aromatic rings. The summed E-state index contributed by atoms with van der Waals surface area (Å²) in [5, 5.41) is 8.90. The second kappa shape index (κ2) is 5.99. The van der Waals surface area contributed by atoms with Crippen molar-refractivity contribution in [3.8, 4) is 5.75 Å². The van der Waals surface area contributed by atoms with E-state index >= 15 is 0 Å². The Morgan fingerprint density at radius 2 is 2.42 bits per heavy atom. The van der Waals surface area contributed by atoms with Crippen LogP contribution in [-0.4, -0.2) is 48.9 Å². The molecule has 1 saturated heterocycles. The Labute approximate surface area is 110 Å². The average molecular weight is 269 g/mol. The first-order valence-corrected chi connectivity index (χ1v) is 5.99. The summed E-state index contributed by atoms with van der Waals surface area (Å²) in [6.45, 7) is 1.56. The number of nitrogens with zero attached hydrogens (tertiary/aromatic N) is 1. The van der Waals surface area contributed by atoms with Gasteiger partial charge in [0.25, 0.3) is 0 Å². The summed E-state index contributed by atoms with van der Waals surface area (Å²) < 4.78 is 23.8. The molecule has 2 rings (SSSR count). The van der Waals surface area contributed by atoms with Gasteiger partial charge in [-0.05, 0) is 6.07 Å². The number of aliphatic carboxylic acids is 1. The van der Waals surface area contributed by atoms with Crippen molar-refractivity contribution in [3.05, 3.63) is 29.6 Å². The predicted octanol–water partition coefficient (Wildman–Crippen LogP) is 1.12. The lowest BCUT2D eigenvalue weighted by Crippen LogP contribution is -2.45. The van der Waals surface area contributed by atoms with Gasteiger partial charge in [-0.2, -0.15) is 0 Å². The summed E-state index contributed by atoms with van der Waals surface area (Å²) in [4.78, 5) is 12.7. The maximum atomic E-state index is 13.8. The number of methoxy groups -OCH3 is 1. The van der Waals surface area contributed by atoms with Crippen LogP contribution in [0.25, 0.3) is 0 Å². The van der Waals surface area contributed by atoms with Gasteiger partial charge in [0.15, 0.2) is 6.10 Å². The van der Waals surface area contributed by atoms with Gasteiger partial charge in [0.2, 0.25) is 0 Å². The van der Waals surface area contributed by atoms with Crippen molar-refractivity contribution in [2.45, 2.75) is 12.6 Å². The third-order valence-corrected chi connectivity index (χ3v) is 3.08.